The van der Waals surface area contributed by atoms with Crippen LogP contribution in [0, 0.1) is 0 Å². The van der Waals surface area contributed by atoms with Crippen molar-refractivity contribution in [2.24, 2.45) is 0 Å². The minimum atomic E-state index is -0.833. The van der Waals surface area contributed by atoms with Crippen LogP contribution < -0.4 is 0 Å². The molecular weight excluding hydrogens is 112 g/mol. The van der Waals surface area contributed by atoms with Gasteiger partial charge in [0.15, 0.2) is 0 Å². The first-order chi connectivity index (χ1) is 3.21. The maximum Gasteiger partial charge on any atom is 0.138 e. The third-order valence-electron chi connectivity index (χ3n) is 1.37. The van der Waals surface area contributed by atoms with Crippen LogP contribution in [0.2, 0.25) is 0 Å². The van der Waals surface area contributed by atoms with Crippen molar-refractivity contribution in [3.05, 3.63) is 0 Å². The number of hydrogen-bond acceptors (Lipinski definition) is 1. The smallest absolute Gasteiger partial charge is 0.138 e. The summed E-state index contributed by atoms with van der Waals surface area (Å²) in [6, 6.07) is 0. The number of hydrogen-bond donors (Lipinski definition) is 1. The van der Waals surface area contributed by atoms with Crippen molar-refractivity contribution in [1.29, 1.82) is 0 Å². The first-order valence-corrected chi connectivity index (χ1v) is 3.00. The molecule has 2 heteroatoms. The Kier molecular flexibility index (Phi) is 1.26. The quantitative estimate of drug-likeness (QED) is 0.481. The molecule has 0 saturated heterocycles. The molecular formula is C5H9ClO. The molecule has 0 aromatic rings. The van der Waals surface area contributed by atoms with Crippen molar-refractivity contribution in [3.63, 3.8) is 0 Å². The van der Waals surface area contributed by atoms with Gasteiger partial charge in [-0.2, -0.15) is 0 Å². The Morgan fingerprint density at radius 2 is 1.71 bits per heavy atom. The summed E-state index contributed by atoms with van der Waals surface area (Å²) in [6.45, 7) is 0. The lowest BCUT2D eigenvalue weighted by Gasteiger charge is -2.09. The molecule has 1 aliphatic rings. The third kappa shape index (κ3) is 1.32. The molecule has 0 spiro atoms. The van der Waals surface area contributed by atoms with Crippen molar-refractivity contribution in [2.45, 2.75) is 30.7 Å². The van der Waals surface area contributed by atoms with Crippen LogP contribution in [0.5, 0.6) is 0 Å². The Labute approximate surface area is 48.3 Å². The fourth-order valence-electron chi connectivity index (χ4n) is 0.917. The molecule has 0 aromatic carbocycles. The minimum absolute atomic E-state index is 0.772. The van der Waals surface area contributed by atoms with Gasteiger partial charge in [0.25, 0.3) is 0 Å². The molecule has 1 nitrogen and oxygen atoms in total. The molecule has 1 saturated carbocycles. The number of alkyl halides is 1. The molecule has 1 rings (SSSR count). The zero-order chi connectivity index (χ0) is 5.33. The van der Waals surface area contributed by atoms with Crippen LogP contribution in [-0.2, 0) is 0 Å². The second-order valence-electron chi connectivity index (χ2n) is 2.13. The molecule has 1 aliphatic carbocycles. The SMILES string of the molecule is OC1(Cl)CCCC1. The van der Waals surface area contributed by atoms with Crippen molar-refractivity contribution < 1.29 is 5.11 Å². The lowest BCUT2D eigenvalue weighted by molar-refractivity contribution is 0.137. The summed E-state index contributed by atoms with van der Waals surface area (Å²) in [5, 5.41) is 8.13. The molecule has 1 N–H and O–H groups in total. The maximum absolute atomic E-state index is 8.96. The van der Waals surface area contributed by atoms with Gasteiger partial charge in [0.2, 0.25) is 0 Å². The fourth-order valence-corrected chi connectivity index (χ4v) is 1.18. The summed E-state index contributed by atoms with van der Waals surface area (Å²) in [5.41, 5.74) is 0. The van der Waals surface area contributed by atoms with Crippen LogP contribution in [-0.4, -0.2) is 10.2 Å². The van der Waals surface area contributed by atoms with Crippen molar-refractivity contribution in [1.82, 2.24) is 0 Å². The average Bonchev–Trinajstić information content (AvgIpc) is 1.84. The molecule has 0 aliphatic heterocycles. The monoisotopic (exact) mass is 120 g/mol. The van der Waals surface area contributed by atoms with E-state index in [1.807, 2.05) is 0 Å². The van der Waals surface area contributed by atoms with Gasteiger partial charge in [-0.15, -0.1) is 0 Å². The Morgan fingerprint density at radius 3 is 1.86 bits per heavy atom. The van der Waals surface area contributed by atoms with E-state index in [1.165, 1.54) is 0 Å². The minimum Gasteiger partial charge on any atom is -0.375 e. The molecule has 0 aromatic heterocycles. The highest BCUT2D eigenvalue weighted by atomic mass is 35.5. The second-order valence-corrected chi connectivity index (χ2v) is 2.83. The molecule has 0 atom stereocenters. The van der Waals surface area contributed by atoms with Gasteiger partial charge in [-0.1, -0.05) is 11.6 Å². The number of aliphatic hydroxyl groups is 1. The molecule has 1 fully saturated rings. The summed E-state index contributed by atoms with van der Waals surface area (Å²) < 4.78 is 0. The van der Waals surface area contributed by atoms with Crippen LogP contribution in [0.1, 0.15) is 25.7 Å². The average molecular weight is 121 g/mol. The van der Waals surface area contributed by atoms with Gasteiger partial charge in [0.05, 0.1) is 0 Å². The van der Waals surface area contributed by atoms with E-state index in [9.17, 15) is 0 Å². The standard InChI is InChI=1S/C5H9ClO/c6-5(7)3-1-2-4-5/h7H,1-4H2. The summed E-state index contributed by atoms with van der Waals surface area (Å²) in [5.74, 6) is 0. The van der Waals surface area contributed by atoms with Crippen molar-refractivity contribution >= 4 is 11.6 Å². The highest BCUT2D eigenvalue weighted by Crippen LogP contribution is 2.32. The summed E-state index contributed by atoms with van der Waals surface area (Å²) in [7, 11) is 0. The Bertz CT molecular complexity index is 62.5. The van der Waals surface area contributed by atoms with Gasteiger partial charge in [-0.3, -0.25) is 0 Å². The van der Waals surface area contributed by atoms with E-state index in [0.717, 1.165) is 25.7 Å². The topological polar surface area (TPSA) is 20.2 Å². The predicted octanol–water partition coefficient (Wildman–Crippen LogP) is 1.49. The molecule has 0 amide bonds. The van der Waals surface area contributed by atoms with Gasteiger partial charge in [0.1, 0.15) is 5.06 Å². The van der Waals surface area contributed by atoms with Crippen LogP contribution >= 0.6 is 11.6 Å². The van der Waals surface area contributed by atoms with Crippen LogP contribution in [0.4, 0.5) is 0 Å². The highest BCUT2D eigenvalue weighted by molar-refractivity contribution is 6.22. The fraction of sp³-hybridized carbons (Fsp3) is 1.00. The Morgan fingerprint density at radius 1 is 1.29 bits per heavy atom. The number of rotatable bonds is 0. The Balaban J connectivity index is 2.40. The van der Waals surface area contributed by atoms with Crippen molar-refractivity contribution in [3.8, 4) is 0 Å². The van der Waals surface area contributed by atoms with E-state index >= 15 is 0 Å². The van der Waals surface area contributed by atoms with E-state index in [1.54, 1.807) is 0 Å². The second kappa shape index (κ2) is 1.64. The zero-order valence-corrected chi connectivity index (χ0v) is 4.91. The van der Waals surface area contributed by atoms with Crippen molar-refractivity contribution in [2.75, 3.05) is 0 Å². The van der Waals surface area contributed by atoms with E-state index < -0.39 is 5.06 Å². The highest BCUT2D eigenvalue weighted by Gasteiger charge is 2.27. The molecule has 0 radical (unpaired) electrons. The summed E-state index contributed by atoms with van der Waals surface area (Å²) in [6.07, 6.45) is 3.71. The zero-order valence-electron chi connectivity index (χ0n) is 4.15. The molecule has 0 heterocycles. The lowest BCUT2D eigenvalue weighted by Crippen LogP contribution is -2.12. The van der Waals surface area contributed by atoms with Crippen LogP contribution in [0.3, 0.4) is 0 Å². The van der Waals surface area contributed by atoms with E-state index in [2.05, 4.69) is 0 Å². The van der Waals surface area contributed by atoms with Gasteiger partial charge >= 0.3 is 0 Å². The normalized spacial score (nSPS) is 28.3. The summed E-state index contributed by atoms with van der Waals surface area (Å²) >= 11 is 5.52. The first-order valence-electron chi connectivity index (χ1n) is 2.62. The van der Waals surface area contributed by atoms with Gasteiger partial charge in [0, 0.05) is 0 Å². The number of halogens is 1. The van der Waals surface area contributed by atoms with Gasteiger partial charge < -0.3 is 5.11 Å². The third-order valence-corrected chi connectivity index (χ3v) is 1.75. The maximum atomic E-state index is 8.96. The Hall–Kier alpha value is 0.250. The molecule has 7 heavy (non-hydrogen) atoms. The molecule has 42 valence electrons. The lowest BCUT2D eigenvalue weighted by atomic mass is 10.3. The van der Waals surface area contributed by atoms with Gasteiger partial charge in [-0.05, 0) is 25.7 Å². The van der Waals surface area contributed by atoms with Crippen LogP contribution in [0.25, 0.3) is 0 Å². The van der Waals surface area contributed by atoms with Crippen LogP contribution in [0.15, 0.2) is 0 Å². The largest absolute Gasteiger partial charge is 0.375 e. The van der Waals surface area contributed by atoms with E-state index in [4.69, 9.17) is 16.7 Å². The summed E-state index contributed by atoms with van der Waals surface area (Å²) in [4.78, 5) is 0. The van der Waals surface area contributed by atoms with E-state index in [0.29, 0.717) is 0 Å². The molecule has 0 unspecified atom stereocenters. The predicted molar refractivity (Wildman–Crippen MR) is 29.3 cm³/mol. The molecule has 0 bridgehead atoms. The first kappa shape index (κ1) is 5.39. The van der Waals surface area contributed by atoms with Gasteiger partial charge in [-0.25, -0.2) is 0 Å². The van der Waals surface area contributed by atoms with E-state index in [-0.39, 0.29) is 0 Å².